The zero-order valence-corrected chi connectivity index (χ0v) is 21.5. The predicted molar refractivity (Wildman–Crippen MR) is 139 cm³/mol. The third-order valence-electron chi connectivity index (χ3n) is 7.77. The van der Waals surface area contributed by atoms with Gasteiger partial charge >= 0.3 is 12.4 Å². The number of hydrogen-bond donors (Lipinski definition) is 0. The Morgan fingerprint density at radius 2 is 1.80 bits per heavy atom. The van der Waals surface area contributed by atoms with Crippen molar-refractivity contribution in [2.75, 3.05) is 20.2 Å². The van der Waals surface area contributed by atoms with Crippen LogP contribution in [0.2, 0.25) is 0 Å². The maximum atomic E-state index is 13.3. The van der Waals surface area contributed by atoms with Crippen LogP contribution in [-0.4, -0.2) is 42.1 Å². The minimum Gasteiger partial charge on any atom is -0.497 e. The summed E-state index contributed by atoms with van der Waals surface area (Å²) in [6, 6.07) is 10.2. The first-order valence-electron chi connectivity index (χ1n) is 12.7. The van der Waals surface area contributed by atoms with E-state index in [1.54, 1.807) is 19.4 Å². The Labute approximate surface area is 226 Å². The van der Waals surface area contributed by atoms with Crippen molar-refractivity contribution in [3.63, 3.8) is 0 Å². The second kappa shape index (κ2) is 10.7. The third kappa shape index (κ3) is 5.62. The molecule has 3 fully saturated rings. The van der Waals surface area contributed by atoms with E-state index < -0.39 is 35.2 Å². The predicted octanol–water partition coefficient (Wildman–Crippen LogP) is 7.72. The molecule has 0 amide bonds. The number of ether oxygens (including phenoxy) is 1. The molecule has 4 heterocycles. The quantitative estimate of drug-likeness (QED) is 0.176. The molecule has 0 saturated carbocycles. The number of aliphatic imine (C=N–C) groups is 2. The summed E-state index contributed by atoms with van der Waals surface area (Å²) in [5.41, 5.74) is -1.94. The Bertz CT molecular complexity index is 1450. The summed E-state index contributed by atoms with van der Waals surface area (Å²) in [5, 5.41) is 0.777. The lowest BCUT2D eigenvalue weighted by molar-refractivity contribution is -0.143. The molecule has 1 aromatic heterocycles. The van der Waals surface area contributed by atoms with E-state index in [2.05, 4.69) is 32.5 Å². The van der Waals surface area contributed by atoms with Crippen LogP contribution in [-0.2, 0) is 12.4 Å². The zero-order chi connectivity index (χ0) is 28.7. The van der Waals surface area contributed by atoms with Crippen LogP contribution in [0.15, 0.2) is 71.3 Å². The normalized spacial score (nSPS) is 23.4. The van der Waals surface area contributed by atoms with Crippen LogP contribution in [0, 0.1) is 11.8 Å². The molecule has 210 valence electrons. The highest BCUT2D eigenvalue weighted by atomic mass is 19.4. The van der Waals surface area contributed by atoms with E-state index in [1.807, 2.05) is 24.3 Å². The van der Waals surface area contributed by atoms with E-state index >= 15 is 0 Å². The van der Waals surface area contributed by atoms with Crippen LogP contribution in [0.4, 0.5) is 32.0 Å². The van der Waals surface area contributed by atoms with Crippen LogP contribution in [0.5, 0.6) is 5.75 Å². The lowest BCUT2D eigenvalue weighted by atomic mass is 9.73. The molecule has 0 spiro atoms. The van der Waals surface area contributed by atoms with Gasteiger partial charge < -0.3 is 4.74 Å². The molecule has 2 bridgehead atoms. The Morgan fingerprint density at radius 3 is 2.40 bits per heavy atom. The van der Waals surface area contributed by atoms with E-state index in [0.29, 0.717) is 35.2 Å². The van der Waals surface area contributed by atoms with Gasteiger partial charge in [-0.05, 0) is 79.3 Å². The van der Waals surface area contributed by atoms with Crippen molar-refractivity contribution in [3.05, 3.63) is 78.0 Å². The molecule has 0 N–H and O–H groups in total. The summed E-state index contributed by atoms with van der Waals surface area (Å²) < 4.78 is 85.4. The van der Waals surface area contributed by atoms with Crippen LogP contribution in [0.3, 0.4) is 0 Å². The minimum absolute atomic E-state index is 0.0670. The van der Waals surface area contributed by atoms with Gasteiger partial charge in [-0.3, -0.25) is 9.88 Å². The number of aromatic nitrogens is 1. The van der Waals surface area contributed by atoms with Crippen molar-refractivity contribution < 1.29 is 31.1 Å². The molecule has 5 nitrogen and oxygen atoms in total. The van der Waals surface area contributed by atoms with Crippen molar-refractivity contribution >= 4 is 22.6 Å². The topological polar surface area (TPSA) is 50.1 Å². The molecule has 11 heteroatoms. The number of pyridine rings is 1. The molecule has 6 rings (SSSR count). The zero-order valence-electron chi connectivity index (χ0n) is 21.5. The molecule has 3 unspecified atom stereocenters. The van der Waals surface area contributed by atoms with E-state index in [4.69, 9.17) is 4.74 Å². The Hall–Kier alpha value is -3.69. The van der Waals surface area contributed by atoms with Gasteiger partial charge in [0, 0.05) is 24.2 Å². The first kappa shape index (κ1) is 27.9. The largest absolute Gasteiger partial charge is 0.497 e. The lowest BCUT2D eigenvalue weighted by Gasteiger charge is -2.50. The van der Waals surface area contributed by atoms with Gasteiger partial charge in [0.25, 0.3) is 0 Å². The molecule has 3 aliphatic rings. The average Bonchev–Trinajstić information content (AvgIpc) is 2.94. The number of halogens is 6. The molecule has 3 aromatic rings. The fourth-order valence-corrected chi connectivity index (χ4v) is 5.75. The van der Waals surface area contributed by atoms with Gasteiger partial charge in [0.1, 0.15) is 11.8 Å². The summed E-state index contributed by atoms with van der Waals surface area (Å²) in [6.45, 7) is 5.60. The van der Waals surface area contributed by atoms with Gasteiger partial charge in [0.2, 0.25) is 0 Å². The highest BCUT2D eigenvalue weighted by Gasteiger charge is 2.43. The second-order valence-electron chi connectivity index (χ2n) is 10.1. The summed E-state index contributed by atoms with van der Waals surface area (Å²) in [5.74, 6) is 1.34. The number of nitrogens with zero attached hydrogens (tertiary/aromatic N) is 4. The number of alkyl halides is 6. The Kier molecular flexibility index (Phi) is 7.46. The Morgan fingerprint density at radius 1 is 1.07 bits per heavy atom. The Balaban J connectivity index is 1.61. The monoisotopic (exact) mass is 560 g/mol. The van der Waals surface area contributed by atoms with Crippen molar-refractivity contribution in [2.45, 2.75) is 37.3 Å². The summed E-state index contributed by atoms with van der Waals surface area (Å²) in [7, 11) is 1.55. The van der Waals surface area contributed by atoms with Gasteiger partial charge in [0.15, 0.2) is 0 Å². The van der Waals surface area contributed by atoms with E-state index in [9.17, 15) is 26.3 Å². The molecular weight excluding hydrogens is 534 g/mol. The molecule has 5 atom stereocenters. The van der Waals surface area contributed by atoms with Gasteiger partial charge in [0.05, 0.1) is 35.4 Å². The van der Waals surface area contributed by atoms with E-state index in [-0.39, 0.29) is 12.1 Å². The third-order valence-corrected chi connectivity index (χ3v) is 7.77. The summed E-state index contributed by atoms with van der Waals surface area (Å²) >= 11 is 0. The molecule has 3 saturated heterocycles. The number of hydrogen-bond acceptors (Lipinski definition) is 5. The number of piperidine rings is 3. The first-order chi connectivity index (χ1) is 19.0. The summed E-state index contributed by atoms with van der Waals surface area (Å²) in [4.78, 5) is 15.1. The smallest absolute Gasteiger partial charge is 0.416 e. The van der Waals surface area contributed by atoms with Crippen molar-refractivity contribution in [3.8, 4) is 5.75 Å². The van der Waals surface area contributed by atoms with Crippen LogP contribution in [0.25, 0.3) is 10.9 Å². The molecular formula is C29H26F6N4O. The molecule has 3 aliphatic heterocycles. The lowest BCUT2D eigenvalue weighted by Crippen LogP contribution is -2.54. The van der Waals surface area contributed by atoms with Crippen LogP contribution < -0.4 is 4.74 Å². The first-order valence-corrected chi connectivity index (χ1v) is 12.7. The fraction of sp³-hybridized carbons (Fsp3) is 0.379. The molecule has 40 heavy (non-hydrogen) atoms. The number of benzene rings is 2. The van der Waals surface area contributed by atoms with Gasteiger partial charge in [-0.1, -0.05) is 6.08 Å². The molecule has 0 radical (unpaired) electrons. The average molecular weight is 561 g/mol. The fourth-order valence-electron chi connectivity index (χ4n) is 5.75. The number of rotatable bonds is 6. The van der Waals surface area contributed by atoms with Crippen LogP contribution >= 0.6 is 0 Å². The SMILES string of the molecule is C=CC1CN2CC[C@H]1C[C@@H]2C(N=C=Nc1cc(C(F)(F)F)cc(C(F)(F)F)c1)c1ccnc2ccc(OC)cc12. The van der Waals surface area contributed by atoms with Crippen molar-refractivity contribution in [1.29, 1.82) is 0 Å². The number of fused-ring (bicyclic) bond motifs is 4. The van der Waals surface area contributed by atoms with E-state index in [0.717, 1.165) is 36.9 Å². The standard InChI is InChI=1S/C29H26F6N4O/c1-3-17-15-39-9-7-18(17)10-26(39)27(23-6-8-36-25-5-4-22(40-2)14-24(23)25)38-16-37-21-12-19(28(30,31)32)11-20(13-21)29(33,34)35/h3-6,8,11-14,17-18,26-27H,1,7,9-10,15H2,2H3/t17?,18-,26+,27?/m0/s1. The maximum Gasteiger partial charge on any atom is 0.416 e. The van der Waals surface area contributed by atoms with Gasteiger partial charge in [-0.25, -0.2) is 4.99 Å². The molecule has 0 aliphatic carbocycles. The highest BCUT2D eigenvalue weighted by Crippen LogP contribution is 2.44. The number of methoxy groups -OCH3 is 1. The van der Waals surface area contributed by atoms with Crippen molar-refractivity contribution in [2.24, 2.45) is 21.8 Å². The highest BCUT2D eigenvalue weighted by molar-refractivity contribution is 5.84. The van der Waals surface area contributed by atoms with E-state index in [1.165, 1.54) is 0 Å². The maximum absolute atomic E-state index is 13.3. The molecule has 2 aromatic carbocycles. The van der Waals surface area contributed by atoms with Gasteiger partial charge in [-0.2, -0.15) is 31.3 Å². The second-order valence-corrected chi connectivity index (χ2v) is 10.1. The minimum atomic E-state index is -4.98. The van der Waals surface area contributed by atoms with Crippen molar-refractivity contribution in [1.82, 2.24) is 9.88 Å². The van der Waals surface area contributed by atoms with Gasteiger partial charge in [-0.15, -0.1) is 6.58 Å². The van der Waals surface area contributed by atoms with Crippen LogP contribution in [0.1, 0.15) is 35.6 Å². The summed E-state index contributed by atoms with van der Waals surface area (Å²) in [6.07, 6.45) is -4.54.